The summed E-state index contributed by atoms with van der Waals surface area (Å²) in [7, 11) is 5.74. The fourth-order valence-electron chi connectivity index (χ4n) is 4.08. The Kier molecular flexibility index (Phi) is 6.51. The van der Waals surface area contributed by atoms with Crippen molar-refractivity contribution in [2.75, 3.05) is 20.6 Å². The number of amides is 1. The quantitative estimate of drug-likeness (QED) is 0.647. The number of carbonyl (C=O) groups is 1. The van der Waals surface area contributed by atoms with Gasteiger partial charge in [0.1, 0.15) is 5.82 Å². The molecule has 2 aromatic heterocycles. The molecule has 0 fully saturated rings. The minimum atomic E-state index is -0.273. The smallest absolute Gasteiger partial charge is 0.220 e. The highest BCUT2D eigenvalue weighted by molar-refractivity contribution is 5.84. The molecule has 2 heterocycles. The van der Waals surface area contributed by atoms with Gasteiger partial charge >= 0.3 is 0 Å². The number of halogens is 1. The average molecular weight is 412 g/mol. The average Bonchev–Trinajstić information content (AvgIpc) is 2.95. The van der Waals surface area contributed by atoms with Gasteiger partial charge in [0.2, 0.25) is 5.91 Å². The molecular weight excluding hydrogens is 381 g/mol. The van der Waals surface area contributed by atoms with Crippen LogP contribution >= 0.6 is 0 Å². The maximum absolute atomic E-state index is 13.6. The molecule has 1 aromatic carbocycles. The van der Waals surface area contributed by atoms with Gasteiger partial charge in [-0.05, 0) is 70.1 Å². The van der Waals surface area contributed by atoms with Crippen molar-refractivity contribution in [1.29, 1.82) is 0 Å². The van der Waals surface area contributed by atoms with Crippen molar-refractivity contribution in [3.05, 3.63) is 58.2 Å². The van der Waals surface area contributed by atoms with E-state index in [0.717, 1.165) is 39.1 Å². The van der Waals surface area contributed by atoms with Crippen molar-refractivity contribution < 1.29 is 9.18 Å². The van der Waals surface area contributed by atoms with Crippen LogP contribution in [0.5, 0.6) is 0 Å². The van der Waals surface area contributed by atoms with Gasteiger partial charge in [-0.25, -0.2) is 9.37 Å². The number of benzene rings is 1. The third-order valence-corrected chi connectivity index (χ3v) is 5.68. The van der Waals surface area contributed by atoms with E-state index in [9.17, 15) is 9.18 Å². The predicted octanol–water partition coefficient (Wildman–Crippen LogP) is 3.38. The number of hydrogen-bond donors (Lipinski definition) is 1. The maximum Gasteiger partial charge on any atom is 0.220 e. The van der Waals surface area contributed by atoms with E-state index in [2.05, 4.69) is 17.3 Å². The molecular formula is C23H30FN5O. The summed E-state index contributed by atoms with van der Waals surface area (Å²) >= 11 is 0. The number of hydrogen-bond acceptors (Lipinski definition) is 4. The summed E-state index contributed by atoms with van der Waals surface area (Å²) < 4.78 is 15.4. The van der Waals surface area contributed by atoms with Crippen LogP contribution < -0.4 is 5.32 Å². The van der Waals surface area contributed by atoms with E-state index < -0.39 is 0 Å². The van der Waals surface area contributed by atoms with Crippen LogP contribution in [0.4, 0.5) is 4.39 Å². The zero-order valence-electron chi connectivity index (χ0n) is 18.6. The molecule has 0 aliphatic heterocycles. The number of rotatable bonds is 7. The number of fused-ring (bicyclic) bond motifs is 1. The Labute approximate surface area is 177 Å². The molecule has 3 rings (SSSR count). The lowest BCUT2D eigenvalue weighted by Gasteiger charge is -2.25. The van der Waals surface area contributed by atoms with Crippen LogP contribution in [0.3, 0.4) is 0 Å². The van der Waals surface area contributed by atoms with Gasteiger partial charge in [0.15, 0.2) is 5.65 Å². The molecule has 30 heavy (non-hydrogen) atoms. The first kappa shape index (κ1) is 21.9. The lowest BCUT2D eigenvalue weighted by atomic mass is 9.99. The first-order chi connectivity index (χ1) is 14.2. The van der Waals surface area contributed by atoms with Crippen molar-refractivity contribution in [3.8, 4) is 0 Å². The largest absolute Gasteiger partial charge is 0.354 e. The van der Waals surface area contributed by atoms with Crippen molar-refractivity contribution >= 4 is 16.9 Å². The first-order valence-corrected chi connectivity index (χ1v) is 10.2. The van der Waals surface area contributed by atoms with E-state index in [1.165, 1.54) is 12.1 Å². The van der Waals surface area contributed by atoms with Gasteiger partial charge in [-0.1, -0.05) is 12.1 Å². The molecule has 0 aliphatic rings. The Balaban J connectivity index is 1.68. The van der Waals surface area contributed by atoms with E-state index in [-0.39, 0.29) is 17.8 Å². The third-order valence-electron chi connectivity index (χ3n) is 5.68. The number of likely N-dealkylation sites (N-methyl/N-ethyl adjacent to an activating group) is 1. The summed E-state index contributed by atoms with van der Waals surface area (Å²) in [5.41, 5.74) is 5.84. The second-order valence-corrected chi connectivity index (χ2v) is 8.05. The van der Waals surface area contributed by atoms with Crippen LogP contribution in [0.1, 0.15) is 40.5 Å². The van der Waals surface area contributed by atoms with Gasteiger partial charge in [-0.15, -0.1) is 0 Å². The zero-order chi connectivity index (χ0) is 22.0. The fourth-order valence-corrected chi connectivity index (χ4v) is 4.08. The fraction of sp³-hybridized carbons (Fsp3) is 0.435. The molecule has 0 bridgehead atoms. The van der Waals surface area contributed by atoms with Crippen LogP contribution in [0.15, 0.2) is 24.3 Å². The van der Waals surface area contributed by atoms with E-state index >= 15 is 0 Å². The number of nitrogens with zero attached hydrogens (tertiary/aromatic N) is 4. The van der Waals surface area contributed by atoms with Crippen LogP contribution in [0.2, 0.25) is 0 Å². The number of nitrogens with one attached hydrogen (secondary N) is 1. The molecule has 7 heteroatoms. The molecule has 3 aromatic rings. The Morgan fingerprint density at radius 2 is 1.97 bits per heavy atom. The van der Waals surface area contributed by atoms with Crippen molar-refractivity contribution in [3.63, 3.8) is 0 Å². The molecule has 0 aliphatic carbocycles. The highest BCUT2D eigenvalue weighted by Crippen LogP contribution is 2.26. The van der Waals surface area contributed by atoms with Gasteiger partial charge in [0.25, 0.3) is 0 Å². The molecule has 0 saturated carbocycles. The van der Waals surface area contributed by atoms with Crippen molar-refractivity contribution in [2.24, 2.45) is 7.05 Å². The molecule has 6 nitrogen and oxygen atoms in total. The molecule has 0 radical (unpaired) electrons. The molecule has 160 valence electrons. The summed E-state index contributed by atoms with van der Waals surface area (Å²) in [6, 6.07) is 6.42. The van der Waals surface area contributed by atoms with E-state index in [4.69, 9.17) is 4.98 Å². The predicted molar refractivity (Wildman–Crippen MR) is 117 cm³/mol. The summed E-state index contributed by atoms with van der Waals surface area (Å²) in [5, 5.41) is 8.54. The van der Waals surface area contributed by atoms with Gasteiger partial charge in [-0.3, -0.25) is 9.48 Å². The second-order valence-electron chi connectivity index (χ2n) is 8.05. The molecule has 0 spiro atoms. The Hall–Kier alpha value is -2.80. The topological polar surface area (TPSA) is 63.1 Å². The van der Waals surface area contributed by atoms with Crippen molar-refractivity contribution in [2.45, 2.75) is 39.7 Å². The maximum atomic E-state index is 13.6. The number of carbonyl (C=O) groups excluding carboxylic acids is 1. The Bertz CT molecular complexity index is 1070. The van der Waals surface area contributed by atoms with Gasteiger partial charge < -0.3 is 10.2 Å². The number of aromatic nitrogens is 3. The first-order valence-electron chi connectivity index (χ1n) is 10.2. The molecule has 0 unspecified atom stereocenters. The highest BCUT2D eigenvalue weighted by Gasteiger charge is 2.18. The molecule has 1 N–H and O–H groups in total. The van der Waals surface area contributed by atoms with Gasteiger partial charge in [0.05, 0.1) is 11.7 Å². The summed E-state index contributed by atoms with van der Waals surface area (Å²) in [6.45, 7) is 6.46. The lowest BCUT2D eigenvalue weighted by molar-refractivity contribution is -0.121. The Morgan fingerprint density at radius 3 is 2.63 bits per heavy atom. The summed E-state index contributed by atoms with van der Waals surface area (Å²) in [5.74, 6) is -0.301. The zero-order valence-corrected chi connectivity index (χ0v) is 18.6. The number of pyridine rings is 1. The summed E-state index contributed by atoms with van der Waals surface area (Å²) in [4.78, 5) is 19.2. The van der Waals surface area contributed by atoms with E-state index in [1.807, 2.05) is 46.0 Å². The minimum absolute atomic E-state index is 0.0277. The standard InChI is InChI=1S/C23H30FN5O/c1-14-19(15(2)26-23-22(14)16(3)27-29(23)6)10-11-21(30)25-13-20(28(4)5)17-8-7-9-18(24)12-17/h7-9,12,20H,10-11,13H2,1-6H3,(H,25,30)/t20-/m0/s1. The molecule has 0 saturated heterocycles. The SMILES string of the molecule is Cc1nc2c(c(C)nn2C)c(C)c1CCC(=O)NC[C@@H](c1cccc(F)c1)N(C)C. The normalized spacial score (nSPS) is 12.5. The van der Waals surface area contributed by atoms with Crippen LogP contribution in [0.25, 0.3) is 11.0 Å². The Morgan fingerprint density at radius 1 is 1.23 bits per heavy atom. The van der Waals surface area contributed by atoms with Gasteiger partial charge in [-0.2, -0.15) is 5.10 Å². The minimum Gasteiger partial charge on any atom is -0.354 e. The lowest BCUT2D eigenvalue weighted by Crippen LogP contribution is -2.34. The van der Waals surface area contributed by atoms with Crippen LogP contribution in [0, 0.1) is 26.6 Å². The molecule has 1 atom stereocenters. The van der Waals surface area contributed by atoms with Gasteiger partial charge in [0, 0.05) is 31.1 Å². The molecule has 1 amide bonds. The second kappa shape index (κ2) is 8.92. The van der Waals surface area contributed by atoms with E-state index in [1.54, 1.807) is 10.7 Å². The van der Waals surface area contributed by atoms with Crippen LogP contribution in [-0.2, 0) is 18.3 Å². The number of aryl methyl sites for hydroxylation is 4. The third kappa shape index (κ3) is 4.51. The van der Waals surface area contributed by atoms with Crippen molar-refractivity contribution in [1.82, 2.24) is 25.0 Å². The van der Waals surface area contributed by atoms with E-state index in [0.29, 0.717) is 19.4 Å². The summed E-state index contributed by atoms with van der Waals surface area (Å²) in [6.07, 6.45) is 0.991. The highest BCUT2D eigenvalue weighted by atomic mass is 19.1. The monoisotopic (exact) mass is 411 g/mol. The van der Waals surface area contributed by atoms with Crippen LogP contribution in [-0.4, -0.2) is 46.2 Å².